The molecule has 0 aromatic carbocycles. The monoisotopic (exact) mass is 310 g/mol. The van der Waals surface area contributed by atoms with Gasteiger partial charge in [0.1, 0.15) is 12.4 Å². The summed E-state index contributed by atoms with van der Waals surface area (Å²) in [5, 5.41) is 11.4. The molecule has 22 heavy (non-hydrogen) atoms. The van der Waals surface area contributed by atoms with Crippen LogP contribution in [0.1, 0.15) is 6.42 Å². The third-order valence-corrected chi connectivity index (χ3v) is 3.06. The lowest BCUT2D eigenvalue weighted by atomic mass is 10.1. The smallest absolute Gasteiger partial charge is 0.329 e. The van der Waals surface area contributed by atoms with Gasteiger partial charge in [-0.1, -0.05) is 0 Å². The normalized spacial score (nSPS) is 21.1. The number of hydrogen-bond acceptors (Lipinski definition) is 6. The highest BCUT2D eigenvalue weighted by molar-refractivity contribution is 5.78. The van der Waals surface area contributed by atoms with Crippen LogP contribution in [0.4, 0.5) is 0 Å². The van der Waals surface area contributed by atoms with Crippen LogP contribution in [0.2, 0.25) is 0 Å². The van der Waals surface area contributed by atoms with E-state index in [2.05, 4.69) is 10.3 Å². The van der Waals surface area contributed by atoms with Crippen molar-refractivity contribution in [2.45, 2.75) is 18.6 Å². The maximum atomic E-state index is 11.9. The van der Waals surface area contributed by atoms with Crippen LogP contribution >= 0.6 is 0 Å². The number of carbonyl (C=O) groups is 2. The summed E-state index contributed by atoms with van der Waals surface area (Å²) in [5.41, 5.74) is 0. The molecule has 8 heteroatoms. The molecule has 1 fully saturated rings. The van der Waals surface area contributed by atoms with Crippen LogP contribution < -0.4 is 10.1 Å². The van der Waals surface area contributed by atoms with Crippen molar-refractivity contribution < 1.29 is 28.9 Å². The molecule has 1 saturated heterocycles. The van der Waals surface area contributed by atoms with Gasteiger partial charge in [0.25, 0.3) is 5.91 Å². The van der Waals surface area contributed by atoms with E-state index in [1.54, 1.807) is 18.3 Å². The van der Waals surface area contributed by atoms with Gasteiger partial charge in [0.05, 0.1) is 24.9 Å². The summed E-state index contributed by atoms with van der Waals surface area (Å²) < 4.78 is 15.9. The number of nitrogens with zero attached hydrogens (tertiary/aromatic N) is 1. The minimum Gasteiger partial charge on any atom is -0.482 e. The Balaban J connectivity index is 1.79. The molecule has 0 spiro atoms. The topological polar surface area (TPSA) is 107 Å². The maximum absolute atomic E-state index is 11.9. The summed E-state index contributed by atoms with van der Waals surface area (Å²) in [6, 6.07) is 3.01. The summed E-state index contributed by atoms with van der Waals surface area (Å²) in [4.78, 5) is 26.3. The fourth-order valence-corrected chi connectivity index (χ4v) is 2.06. The summed E-state index contributed by atoms with van der Waals surface area (Å²) >= 11 is 0. The van der Waals surface area contributed by atoms with Crippen molar-refractivity contribution in [1.82, 2.24) is 10.3 Å². The first-order chi connectivity index (χ1) is 10.6. The number of carboxylic acid groups (broad SMARTS) is 1. The van der Waals surface area contributed by atoms with E-state index >= 15 is 0 Å². The number of amides is 1. The highest BCUT2D eigenvalue weighted by Gasteiger charge is 2.28. The molecule has 1 aromatic rings. The van der Waals surface area contributed by atoms with E-state index in [-0.39, 0.29) is 25.2 Å². The first-order valence-electron chi connectivity index (χ1n) is 6.88. The zero-order valence-corrected chi connectivity index (χ0v) is 11.9. The molecule has 0 bridgehead atoms. The Bertz CT molecular complexity index is 495. The molecule has 2 rings (SSSR count). The standard InChI is InChI=1S/C14H18N2O6/c17-13(8-21-10-2-1-4-15-6-10)16-11-7-20-5-3-12(11)22-9-14(18)19/h1-2,4,6,11-12H,3,5,7-9H2,(H,16,17)(H,18,19)/t11-,12+/m1/s1. The Morgan fingerprint density at radius 3 is 3.05 bits per heavy atom. The fourth-order valence-electron chi connectivity index (χ4n) is 2.06. The Kier molecular flexibility index (Phi) is 6.11. The largest absolute Gasteiger partial charge is 0.482 e. The van der Waals surface area contributed by atoms with Crippen LogP contribution in [-0.4, -0.2) is 60.5 Å². The minimum absolute atomic E-state index is 0.159. The van der Waals surface area contributed by atoms with Crippen LogP contribution in [0.25, 0.3) is 0 Å². The predicted molar refractivity (Wildman–Crippen MR) is 74.5 cm³/mol. The SMILES string of the molecule is O=C(O)CO[C@H]1CCOC[C@H]1NC(=O)COc1cccnc1. The Morgan fingerprint density at radius 2 is 2.32 bits per heavy atom. The van der Waals surface area contributed by atoms with Crippen LogP contribution in [0.5, 0.6) is 5.75 Å². The molecule has 120 valence electrons. The van der Waals surface area contributed by atoms with Gasteiger partial charge in [-0.25, -0.2) is 4.79 Å². The first kappa shape index (κ1) is 16.2. The quantitative estimate of drug-likeness (QED) is 0.720. The summed E-state index contributed by atoms with van der Waals surface area (Å²) in [5.74, 6) is -0.879. The molecule has 2 atom stereocenters. The van der Waals surface area contributed by atoms with Crippen molar-refractivity contribution in [3.63, 3.8) is 0 Å². The molecule has 8 nitrogen and oxygen atoms in total. The first-order valence-corrected chi connectivity index (χ1v) is 6.88. The van der Waals surface area contributed by atoms with Crippen LogP contribution in [0.15, 0.2) is 24.5 Å². The van der Waals surface area contributed by atoms with E-state index in [0.29, 0.717) is 18.8 Å². The lowest BCUT2D eigenvalue weighted by Gasteiger charge is -2.31. The number of carbonyl (C=O) groups excluding carboxylic acids is 1. The van der Waals surface area contributed by atoms with E-state index in [0.717, 1.165) is 0 Å². The van der Waals surface area contributed by atoms with Gasteiger partial charge in [-0.3, -0.25) is 9.78 Å². The third kappa shape index (κ3) is 5.30. The molecule has 0 aliphatic carbocycles. The van der Waals surface area contributed by atoms with Crippen LogP contribution in [-0.2, 0) is 19.1 Å². The second-order valence-electron chi connectivity index (χ2n) is 4.76. The number of carboxylic acids is 1. The number of ether oxygens (including phenoxy) is 3. The van der Waals surface area contributed by atoms with Crippen molar-refractivity contribution in [1.29, 1.82) is 0 Å². The molecule has 0 unspecified atom stereocenters. The van der Waals surface area contributed by atoms with Crippen molar-refractivity contribution in [2.75, 3.05) is 26.4 Å². The predicted octanol–water partition coefficient (Wildman–Crippen LogP) is -0.165. The van der Waals surface area contributed by atoms with E-state index in [4.69, 9.17) is 19.3 Å². The average molecular weight is 310 g/mol. The number of rotatable bonds is 7. The third-order valence-electron chi connectivity index (χ3n) is 3.06. The van der Waals surface area contributed by atoms with Crippen molar-refractivity contribution >= 4 is 11.9 Å². The zero-order chi connectivity index (χ0) is 15.8. The number of pyridine rings is 1. The van der Waals surface area contributed by atoms with Gasteiger partial charge in [0, 0.05) is 12.8 Å². The van der Waals surface area contributed by atoms with E-state index < -0.39 is 18.6 Å². The van der Waals surface area contributed by atoms with Crippen LogP contribution in [0.3, 0.4) is 0 Å². The van der Waals surface area contributed by atoms with Gasteiger partial charge in [0.2, 0.25) is 0 Å². The van der Waals surface area contributed by atoms with Gasteiger partial charge >= 0.3 is 5.97 Å². The lowest BCUT2D eigenvalue weighted by molar-refractivity contribution is -0.148. The maximum Gasteiger partial charge on any atom is 0.329 e. The summed E-state index contributed by atoms with van der Waals surface area (Å²) in [6.07, 6.45) is 3.26. The minimum atomic E-state index is -1.04. The lowest BCUT2D eigenvalue weighted by Crippen LogP contribution is -2.52. The molecular formula is C14H18N2O6. The Labute approximate surface area is 127 Å². The van der Waals surface area contributed by atoms with Crippen molar-refractivity contribution in [2.24, 2.45) is 0 Å². The Morgan fingerprint density at radius 1 is 1.45 bits per heavy atom. The fraction of sp³-hybridized carbons (Fsp3) is 0.500. The van der Waals surface area contributed by atoms with Crippen molar-refractivity contribution in [3.05, 3.63) is 24.5 Å². The van der Waals surface area contributed by atoms with E-state index in [1.807, 2.05) is 0 Å². The zero-order valence-electron chi connectivity index (χ0n) is 11.9. The molecule has 2 heterocycles. The summed E-state index contributed by atoms with van der Waals surface area (Å²) in [7, 11) is 0. The Hall–Kier alpha value is -2.19. The van der Waals surface area contributed by atoms with Crippen LogP contribution in [0, 0.1) is 0 Å². The average Bonchev–Trinajstić information content (AvgIpc) is 2.53. The molecule has 1 aliphatic heterocycles. The van der Waals surface area contributed by atoms with E-state index in [1.165, 1.54) is 6.20 Å². The van der Waals surface area contributed by atoms with Gasteiger partial charge < -0.3 is 24.6 Å². The number of nitrogens with one attached hydrogen (secondary N) is 1. The number of hydrogen-bond donors (Lipinski definition) is 2. The molecule has 0 radical (unpaired) electrons. The van der Waals surface area contributed by atoms with Gasteiger partial charge in [0.15, 0.2) is 6.61 Å². The number of aliphatic carboxylic acids is 1. The highest BCUT2D eigenvalue weighted by atomic mass is 16.5. The summed E-state index contributed by atoms with van der Waals surface area (Å²) in [6.45, 7) is 0.197. The molecular weight excluding hydrogens is 292 g/mol. The molecule has 1 amide bonds. The van der Waals surface area contributed by atoms with Crippen molar-refractivity contribution in [3.8, 4) is 5.75 Å². The number of aromatic nitrogens is 1. The molecule has 0 saturated carbocycles. The molecule has 1 aliphatic rings. The van der Waals surface area contributed by atoms with Gasteiger partial charge in [-0.05, 0) is 18.6 Å². The highest BCUT2D eigenvalue weighted by Crippen LogP contribution is 2.12. The van der Waals surface area contributed by atoms with Gasteiger partial charge in [-0.2, -0.15) is 0 Å². The van der Waals surface area contributed by atoms with E-state index in [9.17, 15) is 9.59 Å². The molecule has 2 N–H and O–H groups in total. The second-order valence-corrected chi connectivity index (χ2v) is 4.76. The van der Waals surface area contributed by atoms with Gasteiger partial charge in [-0.15, -0.1) is 0 Å². The molecule has 1 aromatic heterocycles. The second kappa shape index (κ2) is 8.30.